The maximum atomic E-state index is 13.1. The Kier molecular flexibility index (Phi) is 4.69. The smallest absolute Gasteiger partial charge is 0.414 e. The van der Waals surface area contributed by atoms with E-state index >= 15 is 0 Å². The minimum absolute atomic E-state index is 0.169. The van der Waals surface area contributed by atoms with Gasteiger partial charge >= 0.3 is 6.09 Å². The van der Waals surface area contributed by atoms with Gasteiger partial charge in [-0.25, -0.2) is 13.6 Å². The zero-order chi connectivity index (χ0) is 17.2. The van der Waals surface area contributed by atoms with Crippen molar-refractivity contribution in [3.05, 3.63) is 29.8 Å². The van der Waals surface area contributed by atoms with Crippen molar-refractivity contribution in [1.82, 2.24) is 5.32 Å². The number of anilines is 1. The summed E-state index contributed by atoms with van der Waals surface area (Å²) in [6.07, 6.45) is -0.327. The summed E-state index contributed by atoms with van der Waals surface area (Å²) in [4.78, 5) is 25.1. The van der Waals surface area contributed by atoms with Gasteiger partial charge in [0.1, 0.15) is 6.61 Å². The molecule has 1 aliphatic carbocycles. The van der Waals surface area contributed by atoms with Crippen molar-refractivity contribution in [2.75, 3.05) is 18.1 Å². The Balaban J connectivity index is 1.50. The lowest BCUT2D eigenvalue weighted by molar-refractivity contribution is -0.129. The molecule has 130 valence electrons. The topological polar surface area (TPSA) is 58.6 Å². The monoisotopic (exact) mass is 338 g/mol. The fourth-order valence-corrected chi connectivity index (χ4v) is 3.06. The van der Waals surface area contributed by atoms with Gasteiger partial charge in [-0.2, -0.15) is 0 Å². The largest absolute Gasteiger partial charge is 0.447 e. The van der Waals surface area contributed by atoms with Gasteiger partial charge in [-0.3, -0.25) is 9.69 Å². The normalized spacial score (nSPS) is 20.8. The molecule has 0 atom stereocenters. The number of hydrogen-bond donors (Lipinski definition) is 1. The third kappa shape index (κ3) is 3.83. The van der Waals surface area contributed by atoms with E-state index < -0.39 is 5.92 Å². The summed E-state index contributed by atoms with van der Waals surface area (Å²) in [7, 11) is 0. The highest BCUT2D eigenvalue weighted by Gasteiger charge is 2.37. The summed E-state index contributed by atoms with van der Waals surface area (Å²) in [6.45, 7) is 1.26. The number of alkyl halides is 2. The summed E-state index contributed by atoms with van der Waals surface area (Å²) in [6, 6.07) is 7.26. The van der Waals surface area contributed by atoms with Crippen LogP contribution in [0.25, 0.3) is 0 Å². The molecule has 1 N–H and O–H groups in total. The van der Waals surface area contributed by atoms with Crippen LogP contribution < -0.4 is 10.2 Å². The van der Waals surface area contributed by atoms with E-state index in [0.717, 1.165) is 11.3 Å². The van der Waals surface area contributed by atoms with Gasteiger partial charge in [-0.05, 0) is 30.5 Å². The molecule has 0 spiro atoms. The predicted molar refractivity (Wildman–Crippen MR) is 83.9 cm³/mol. The lowest BCUT2D eigenvalue weighted by Crippen LogP contribution is -2.35. The van der Waals surface area contributed by atoms with Crippen molar-refractivity contribution < 1.29 is 23.1 Å². The van der Waals surface area contributed by atoms with Crippen LogP contribution in [0.1, 0.15) is 31.2 Å². The number of carbonyl (C=O) groups is 2. The molecule has 3 rings (SSSR count). The van der Waals surface area contributed by atoms with E-state index in [9.17, 15) is 18.4 Å². The summed E-state index contributed by atoms with van der Waals surface area (Å²) < 4.78 is 31.1. The molecule has 0 radical (unpaired) electrons. The van der Waals surface area contributed by atoms with E-state index in [-0.39, 0.29) is 43.6 Å². The molecule has 1 saturated carbocycles. The molecule has 1 aliphatic heterocycles. The average molecular weight is 338 g/mol. The molecule has 2 aliphatic rings. The average Bonchev–Trinajstić information content (AvgIpc) is 2.99. The molecule has 0 aromatic heterocycles. The van der Waals surface area contributed by atoms with E-state index in [1.807, 2.05) is 12.1 Å². The number of cyclic esters (lactones) is 1. The number of amides is 2. The number of nitrogens with zero attached hydrogens (tertiary/aromatic N) is 1. The van der Waals surface area contributed by atoms with Crippen molar-refractivity contribution >= 4 is 17.7 Å². The summed E-state index contributed by atoms with van der Waals surface area (Å²) >= 11 is 0. The van der Waals surface area contributed by atoms with Gasteiger partial charge in [0.05, 0.1) is 6.54 Å². The highest BCUT2D eigenvalue weighted by atomic mass is 19.3. The third-order valence-electron chi connectivity index (χ3n) is 4.56. The Morgan fingerprint density at radius 1 is 1.25 bits per heavy atom. The minimum Gasteiger partial charge on any atom is -0.447 e. The first kappa shape index (κ1) is 16.7. The van der Waals surface area contributed by atoms with Crippen LogP contribution in [0.15, 0.2) is 24.3 Å². The molecule has 2 fully saturated rings. The third-order valence-corrected chi connectivity index (χ3v) is 4.56. The lowest BCUT2D eigenvalue weighted by atomic mass is 9.86. The first-order chi connectivity index (χ1) is 11.4. The molecule has 2 amide bonds. The number of halogens is 2. The molecular weight excluding hydrogens is 318 g/mol. The van der Waals surface area contributed by atoms with Gasteiger partial charge in [0.2, 0.25) is 11.8 Å². The van der Waals surface area contributed by atoms with Crippen LogP contribution in [-0.2, 0) is 16.1 Å². The number of ether oxygens (including phenoxy) is 1. The summed E-state index contributed by atoms with van der Waals surface area (Å²) in [5.74, 6) is -3.12. The SMILES string of the molecule is O=C(NCc1ccc(N2CCOC2=O)cc1)C1CCC(F)(F)CC1. The fourth-order valence-electron chi connectivity index (χ4n) is 3.06. The van der Waals surface area contributed by atoms with Crippen LogP contribution in [0.5, 0.6) is 0 Å². The Morgan fingerprint density at radius 3 is 2.50 bits per heavy atom. The van der Waals surface area contributed by atoms with Gasteiger partial charge in [0.15, 0.2) is 0 Å². The molecule has 1 aromatic rings. The second-order valence-corrected chi connectivity index (χ2v) is 6.28. The van der Waals surface area contributed by atoms with Crippen molar-refractivity contribution in [3.63, 3.8) is 0 Å². The van der Waals surface area contributed by atoms with Crippen molar-refractivity contribution in [1.29, 1.82) is 0 Å². The van der Waals surface area contributed by atoms with E-state index in [1.165, 1.54) is 0 Å². The number of nitrogens with one attached hydrogen (secondary N) is 1. The number of rotatable bonds is 4. The molecule has 1 heterocycles. The van der Waals surface area contributed by atoms with Crippen molar-refractivity contribution in [2.45, 2.75) is 38.2 Å². The van der Waals surface area contributed by atoms with Crippen LogP contribution in [0.4, 0.5) is 19.3 Å². The molecule has 1 saturated heterocycles. The molecule has 24 heavy (non-hydrogen) atoms. The molecular formula is C17H20F2N2O3. The highest BCUT2D eigenvalue weighted by Crippen LogP contribution is 2.36. The van der Waals surface area contributed by atoms with E-state index in [4.69, 9.17) is 4.74 Å². The fraction of sp³-hybridized carbons (Fsp3) is 0.529. The molecule has 1 aromatic carbocycles. The van der Waals surface area contributed by atoms with Gasteiger partial charge in [-0.1, -0.05) is 12.1 Å². The lowest BCUT2D eigenvalue weighted by Gasteiger charge is -2.27. The highest BCUT2D eigenvalue weighted by molar-refractivity contribution is 5.89. The van der Waals surface area contributed by atoms with E-state index in [2.05, 4.69) is 5.32 Å². The van der Waals surface area contributed by atoms with Crippen molar-refractivity contribution in [3.8, 4) is 0 Å². The number of carbonyl (C=O) groups excluding carboxylic acids is 2. The van der Waals surface area contributed by atoms with Crippen LogP contribution in [0, 0.1) is 5.92 Å². The zero-order valence-electron chi connectivity index (χ0n) is 13.3. The second kappa shape index (κ2) is 6.75. The van der Waals surface area contributed by atoms with Gasteiger partial charge in [-0.15, -0.1) is 0 Å². The van der Waals surface area contributed by atoms with Crippen LogP contribution in [0.2, 0.25) is 0 Å². The Hall–Kier alpha value is -2.18. The Morgan fingerprint density at radius 2 is 1.92 bits per heavy atom. The molecule has 7 heteroatoms. The second-order valence-electron chi connectivity index (χ2n) is 6.28. The van der Waals surface area contributed by atoms with Gasteiger partial charge in [0.25, 0.3) is 0 Å². The quantitative estimate of drug-likeness (QED) is 0.918. The maximum absolute atomic E-state index is 13.1. The van der Waals surface area contributed by atoms with Crippen LogP contribution in [-0.4, -0.2) is 31.1 Å². The Labute approximate surface area is 139 Å². The summed E-state index contributed by atoms with van der Waals surface area (Å²) in [5.41, 5.74) is 1.64. The molecule has 0 unspecified atom stereocenters. The number of hydrogen-bond acceptors (Lipinski definition) is 3. The molecule has 5 nitrogen and oxygen atoms in total. The van der Waals surface area contributed by atoms with E-state index in [1.54, 1.807) is 17.0 Å². The van der Waals surface area contributed by atoms with Gasteiger partial charge in [0, 0.05) is 31.0 Å². The first-order valence-corrected chi connectivity index (χ1v) is 8.13. The maximum Gasteiger partial charge on any atom is 0.414 e. The summed E-state index contributed by atoms with van der Waals surface area (Å²) in [5, 5.41) is 2.80. The minimum atomic E-state index is -2.62. The molecule has 0 bridgehead atoms. The van der Waals surface area contributed by atoms with Crippen LogP contribution >= 0.6 is 0 Å². The van der Waals surface area contributed by atoms with E-state index in [0.29, 0.717) is 19.7 Å². The Bertz CT molecular complexity index is 609. The van der Waals surface area contributed by atoms with Crippen LogP contribution in [0.3, 0.4) is 0 Å². The number of benzene rings is 1. The van der Waals surface area contributed by atoms with Gasteiger partial charge < -0.3 is 10.1 Å². The van der Waals surface area contributed by atoms with Crippen molar-refractivity contribution in [2.24, 2.45) is 5.92 Å². The predicted octanol–water partition coefficient (Wildman–Crippen LogP) is 3.08. The first-order valence-electron chi connectivity index (χ1n) is 8.13. The zero-order valence-corrected chi connectivity index (χ0v) is 13.3. The standard InChI is InChI=1S/C17H20F2N2O3/c18-17(19)7-5-13(6-8-17)15(22)20-11-12-1-3-14(4-2-12)21-9-10-24-16(21)23/h1-4,13H,5-11H2,(H,20,22).